The van der Waals surface area contributed by atoms with Crippen LogP contribution in [0.1, 0.15) is 32.3 Å². The first kappa shape index (κ1) is 20.8. The Morgan fingerprint density at radius 3 is 2.46 bits per heavy atom. The van der Waals surface area contributed by atoms with Crippen molar-refractivity contribution in [1.82, 2.24) is 5.32 Å². The van der Waals surface area contributed by atoms with Crippen molar-refractivity contribution >= 4 is 23.9 Å². The second kappa shape index (κ2) is 8.47. The highest BCUT2D eigenvalue weighted by Crippen LogP contribution is 2.39. The molecule has 2 rings (SSSR count). The third kappa shape index (κ3) is 4.08. The number of nitrogens with zero attached hydrogens (tertiary/aromatic N) is 1. The van der Waals surface area contributed by atoms with E-state index in [1.165, 1.54) is 24.3 Å². The van der Waals surface area contributed by atoms with Crippen molar-refractivity contribution in [2.45, 2.75) is 32.8 Å². The van der Waals surface area contributed by atoms with Gasteiger partial charge in [0, 0.05) is 17.8 Å². The van der Waals surface area contributed by atoms with E-state index in [2.05, 4.69) is 5.32 Å². The Balaban J connectivity index is 2.75. The van der Waals surface area contributed by atoms with Crippen LogP contribution in [0, 0.1) is 10.1 Å². The van der Waals surface area contributed by atoms with Gasteiger partial charge in [0.05, 0.1) is 40.9 Å². The molecule has 1 aliphatic heterocycles. The number of carbonyl (C=O) groups is 3. The number of esters is 2. The summed E-state index contributed by atoms with van der Waals surface area (Å²) in [7, 11) is 1.14. The summed E-state index contributed by atoms with van der Waals surface area (Å²) in [5.41, 5.74) is 0.228. The number of nitro groups is 1. The molecular weight excluding hydrogens is 368 g/mol. The van der Waals surface area contributed by atoms with Crippen LogP contribution in [0.5, 0.6) is 0 Å². The Morgan fingerprint density at radius 2 is 1.93 bits per heavy atom. The molecule has 0 saturated carbocycles. The average molecular weight is 388 g/mol. The molecule has 1 heterocycles. The molecule has 9 nitrogen and oxygen atoms in total. The van der Waals surface area contributed by atoms with Crippen LogP contribution in [-0.2, 0) is 23.9 Å². The number of nitrogens with one attached hydrogen (secondary N) is 1. The first-order valence-corrected chi connectivity index (χ1v) is 8.42. The van der Waals surface area contributed by atoms with Gasteiger partial charge in [-0.3, -0.25) is 14.9 Å². The van der Waals surface area contributed by atoms with E-state index in [1.54, 1.807) is 20.8 Å². The third-order valence-electron chi connectivity index (χ3n) is 4.09. The quantitative estimate of drug-likeness (QED) is 0.340. The number of hydrogen-bond donors (Lipinski definition) is 1. The monoisotopic (exact) mass is 388 g/mol. The van der Waals surface area contributed by atoms with Crippen molar-refractivity contribution in [3.63, 3.8) is 0 Å². The van der Waals surface area contributed by atoms with E-state index >= 15 is 0 Å². The zero-order chi connectivity index (χ0) is 21.0. The summed E-state index contributed by atoms with van der Waals surface area (Å²) in [6.45, 7) is 4.89. The molecule has 0 radical (unpaired) electrons. The minimum absolute atomic E-state index is 0.0696. The number of benzene rings is 1. The van der Waals surface area contributed by atoms with Crippen LogP contribution >= 0.6 is 0 Å². The molecule has 0 saturated heterocycles. The number of methoxy groups -OCH3 is 1. The van der Waals surface area contributed by atoms with Crippen LogP contribution < -0.4 is 5.32 Å². The summed E-state index contributed by atoms with van der Waals surface area (Å²) >= 11 is 0. The fourth-order valence-corrected chi connectivity index (χ4v) is 2.98. The number of rotatable bonds is 6. The number of ether oxygens (including phenoxy) is 2. The fraction of sp³-hybridized carbons (Fsp3) is 0.316. The molecule has 9 heteroatoms. The van der Waals surface area contributed by atoms with Gasteiger partial charge in [-0.25, -0.2) is 9.59 Å². The van der Waals surface area contributed by atoms with Crippen molar-refractivity contribution in [3.05, 3.63) is 62.5 Å². The van der Waals surface area contributed by atoms with Gasteiger partial charge in [0.1, 0.15) is 0 Å². The second-order valence-corrected chi connectivity index (χ2v) is 6.34. The van der Waals surface area contributed by atoms with Gasteiger partial charge in [-0.05, 0) is 26.3 Å². The zero-order valence-electron chi connectivity index (χ0n) is 15.8. The summed E-state index contributed by atoms with van der Waals surface area (Å²) in [5.74, 6) is -2.61. The Hall–Kier alpha value is -3.49. The molecule has 1 aromatic rings. The van der Waals surface area contributed by atoms with Crippen molar-refractivity contribution in [2.24, 2.45) is 0 Å². The molecule has 0 aliphatic carbocycles. The number of hydrogen-bond acceptors (Lipinski definition) is 8. The molecule has 0 spiro atoms. The summed E-state index contributed by atoms with van der Waals surface area (Å²) in [4.78, 5) is 47.4. The highest BCUT2D eigenvalue weighted by molar-refractivity contribution is 6.03. The molecule has 1 N–H and O–H groups in total. The maximum atomic E-state index is 12.8. The van der Waals surface area contributed by atoms with E-state index in [0.717, 1.165) is 7.11 Å². The molecule has 0 fully saturated rings. The van der Waals surface area contributed by atoms with Gasteiger partial charge in [0.2, 0.25) is 0 Å². The average Bonchev–Trinajstić information content (AvgIpc) is 2.65. The first-order valence-electron chi connectivity index (χ1n) is 8.42. The van der Waals surface area contributed by atoms with Crippen molar-refractivity contribution in [2.75, 3.05) is 7.11 Å². The van der Waals surface area contributed by atoms with Crippen molar-refractivity contribution < 1.29 is 28.8 Å². The lowest BCUT2D eigenvalue weighted by atomic mass is 9.80. The molecule has 0 aromatic heterocycles. The standard InChI is InChI=1S/C19H20N2O7/c1-10(2)28-19(24)15-11(3)20-14(9-22)17(18(23)27-4)16(15)12-6-5-7-13(8-12)21(25)26/h5-10,16,20H,1-4H3. The molecule has 0 amide bonds. The summed E-state index contributed by atoms with van der Waals surface area (Å²) in [6.07, 6.45) is 0.00146. The zero-order valence-corrected chi connectivity index (χ0v) is 15.8. The lowest BCUT2D eigenvalue weighted by Crippen LogP contribution is -2.34. The third-order valence-corrected chi connectivity index (χ3v) is 4.09. The van der Waals surface area contributed by atoms with Gasteiger partial charge in [0.15, 0.2) is 6.29 Å². The minimum atomic E-state index is -1.07. The summed E-state index contributed by atoms with van der Waals surface area (Å²) in [6, 6.07) is 5.50. The van der Waals surface area contributed by atoms with Crippen molar-refractivity contribution in [3.8, 4) is 0 Å². The van der Waals surface area contributed by atoms with Crippen LogP contribution in [0.2, 0.25) is 0 Å². The van der Waals surface area contributed by atoms with Crippen LogP contribution in [0.3, 0.4) is 0 Å². The van der Waals surface area contributed by atoms with E-state index in [-0.39, 0.29) is 28.1 Å². The van der Waals surface area contributed by atoms with E-state index in [0.29, 0.717) is 12.0 Å². The fourth-order valence-electron chi connectivity index (χ4n) is 2.98. The Kier molecular flexibility index (Phi) is 6.29. The highest BCUT2D eigenvalue weighted by Gasteiger charge is 2.39. The normalized spacial score (nSPS) is 16.5. The van der Waals surface area contributed by atoms with E-state index in [4.69, 9.17) is 9.47 Å². The number of nitro benzene ring substituents is 1. The van der Waals surface area contributed by atoms with Gasteiger partial charge < -0.3 is 14.8 Å². The van der Waals surface area contributed by atoms with Crippen molar-refractivity contribution in [1.29, 1.82) is 0 Å². The lowest BCUT2D eigenvalue weighted by Gasteiger charge is -2.30. The molecule has 1 atom stereocenters. The molecular formula is C19H20N2O7. The number of non-ortho nitro benzene ring substituents is 1. The Morgan fingerprint density at radius 1 is 1.25 bits per heavy atom. The summed E-state index contributed by atoms with van der Waals surface area (Å²) in [5, 5.41) is 13.9. The molecule has 1 aromatic carbocycles. The summed E-state index contributed by atoms with van der Waals surface area (Å²) < 4.78 is 10.1. The smallest absolute Gasteiger partial charge is 0.337 e. The largest absolute Gasteiger partial charge is 0.466 e. The van der Waals surface area contributed by atoms with Crippen LogP contribution in [0.15, 0.2) is 46.8 Å². The second-order valence-electron chi connectivity index (χ2n) is 6.34. The van der Waals surface area contributed by atoms with E-state index in [1.807, 2.05) is 0 Å². The predicted molar refractivity (Wildman–Crippen MR) is 98.0 cm³/mol. The predicted octanol–water partition coefficient (Wildman–Crippen LogP) is 2.13. The topological polar surface area (TPSA) is 125 Å². The molecule has 0 bridgehead atoms. The number of allylic oxidation sites excluding steroid dienone is 2. The number of aldehydes is 1. The van der Waals surface area contributed by atoms with E-state index < -0.39 is 28.9 Å². The number of carbonyl (C=O) groups excluding carboxylic acids is 3. The molecule has 148 valence electrons. The Bertz CT molecular complexity index is 899. The maximum absolute atomic E-state index is 12.8. The first-order chi connectivity index (χ1) is 13.2. The maximum Gasteiger partial charge on any atom is 0.337 e. The van der Waals surface area contributed by atoms with Crippen LogP contribution in [0.4, 0.5) is 5.69 Å². The van der Waals surface area contributed by atoms with E-state index in [9.17, 15) is 24.5 Å². The van der Waals surface area contributed by atoms with Gasteiger partial charge in [-0.1, -0.05) is 12.1 Å². The Labute approximate surface area is 161 Å². The molecule has 28 heavy (non-hydrogen) atoms. The molecule has 1 unspecified atom stereocenters. The lowest BCUT2D eigenvalue weighted by molar-refractivity contribution is -0.384. The van der Waals surface area contributed by atoms with Gasteiger partial charge in [0.25, 0.3) is 5.69 Å². The van der Waals surface area contributed by atoms with Crippen LogP contribution in [-0.4, -0.2) is 36.4 Å². The van der Waals surface area contributed by atoms with Gasteiger partial charge in [-0.2, -0.15) is 0 Å². The van der Waals surface area contributed by atoms with Crippen LogP contribution in [0.25, 0.3) is 0 Å². The highest BCUT2D eigenvalue weighted by atomic mass is 16.6. The minimum Gasteiger partial charge on any atom is -0.466 e. The SMILES string of the molecule is COC(=O)C1=C(C=O)NC(C)=C(C(=O)OC(C)C)C1c1cccc([N+](=O)[O-])c1. The van der Waals surface area contributed by atoms with Gasteiger partial charge >= 0.3 is 11.9 Å². The molecule has 1 aliphatic rings. The number of dihydropyridines is 1. The van der Waals surface area contributed by atoms with Gasteiger partial charge in [-0.15, -0.1) is 0 Å².